The third-order valence-electron chi connectivity index (χ3n) is 4.12. The molecule has 1 atom stereocenters. The first-order chi connectivity index (χ1) is 12.4. The van der Waals surface area contributed by atoms with Crippen molar-refractivity contribution >= 4 is 23.4 Å². The summed E-state index contributed by atoms with van der Waals surface area (Å²) in [6, 6.07) is 12.5. The third kappa shape index (κ3) is 5.05. The number of carbonyl (C=O) groups is 2. The number of likely N-dealkylation sites (N-methyl/N-ethyl adjacent to an activating group) is 1. The molecule has 2 aromatic rings. The molecular formula is C20H22ClFN2O2. The van der Waals surface area contributed by atoms with Gasteiger partial charge in [-0.15, -0.1) is 0 Å². The molecule has 0 bridgehead atoms. The van der Waals surface area contributed by atoms with Gasteiger partial charge in [0.15, 0.2) is 0 Å². The molecule has 0 heterocycles. The van der Waals surface area contributed by atoms with Crippen LogP contribution in [0, 0.1) is 5.82 Å². The average molecular weight is 377 g/mol. The minimum Gasteiger partial charge on any atom is -0.355 e. The van der Waals surface area contributed by atoms with Crippen LogP contribution in [0.25, 0.3) is 0 Å². The van der Waals surface area contributed by atoms with Crippen molar-refractivity contribution in [2.75, 3.05) is 6.54 Å². The van der Waals surface area contributed by atoms with Gasteiger partial charge in [0, 0.05) is 23.7 Å². The molecule has 2 amide bonds. The van der Waals surface area contributed by atoms with Gasteiger partial charge in [0.2, 0.25) is 11.8 Å². The summed E-state index contributed by atoms with van der Waals surface area (Å²) in [5, 5.41) is 3.19. The maximum Gasteiger partial charge on any atom is 0.242 e. The van der Waals surface area contributed by atoms with Crippen molar-refractivity contribution in [1.82, 2.24) is 10.2 Å². The Kier molecular flexibility index (Phi) is 7.16. The highest BCUT2D eigenvalue weighted by Crippen LogP contribution is 2.19. The molecule has 4 nitrogen and oxygen atoms in total. The second kappa shape index (κ2) is 9.34. The molecule has 138 valence electrons. The van der Waals surface area contributed by atoms with E-state index in [4.69, 9.17) is 11.6 Å². The fourth-order valence-corrected chi connectivity index (χ4v) is 2.82. The minimum absolute atomic E-state index is 0.00819. The normalized spacial score (nSPS) is 11.7. The molecule has 0 aliphatic rings. The molecule has 6 heteroatoms. The molecule has 0 aromatic heterocycles. The first-order valence-electron chi connectivity index (χ1n) is 8.48. The van der Waals surface area contributed by atoms with E-state index in [1.54, 1.807) is 56.3 Å². The SMILES string of the molecule is CCNC(=O)[C@@H](C)N(Cc1ccccc1F)C(=O)Cc1ccccc1Cl. The van der Waals surface area contributed by atoms with E-state index in [1.807, 2.05) is 0 Å². The largest absolute Gasteiger partial charge is 0.355 e. The highest BCUT2D eigenvalue weighted by Gasteiger charge is 2.27. The number of carbonyl (C=O) groups excluding carboxylic acids is 2. The Morgan fingerprint density at radius 3 is 2.35 bits per heavy atom. The standard InChI is InChI=1S/C20H22ClFN2O2/c1-3-23-20(26)14(2)24(13-16-9-5-7-11-18(16)22)19(25)12-15-8-4-6-10-17(15)21/h4-11,14H,3,12-13H2,1-2H3,(H,23,26)/t14-/m1/s1. The molecule has 26 heavy (non-hydrogen) atoms. The van der Waals surface area contributed by atoms with Crippen molar-refractivity contribution in [2.45, 2.75) is 32.9 Å². The van der Waals surface area contributed by atoms with Crippen molar-refractivity contribution in [1.29, 1.82) is 0 Å². The number of hydrogen-bond donors (Lipinski definition) is 1. The quantitative estimate of drug-likeness (QED) is 0.803. The van der Waals surface area contributed by atoms with Crippen LogP contribution >= 0.6 is 11.6 Å². The van der Waals surface area contributed by atoms with Crippen molar-refractivity contribution in [3.63, 3.8) is 0 Å². The van der Waals surface area contributed by atoms with Gasteiger partial charge in [0.25, 0.3) is 0 Å². The number of hydrogen-bond acceptors (Lipinski definition) is 2. The van der Waals surface area contributed by atoms with Crippen LogP contribution in [-0.2, 0) is 22.6 Å². The Labute approximate surface area is 158 Å². The number of halogens is 2. The Morgan fingerprint density at radius 1 is 1.12 bits per heavy atom. The summed E-state index contributed by atoms with van der Waals surface area (Å²) in [7, 11) is 0. The van der Waals surface area contributed by atoms with Crippen molar-refractivity contribution < 1.29 is 14.0 Å². The zero-order valence-electron chi connectivity index (χ0n) is 14.8. The number of benzene rings is 2. The van der Waals surface area contributed by atoms with Crippen LogP contribution in [0.15, 0.2) is 48.5 Å². The van der Waals surface area contributed by atoms with Crippen LogP contribution < -0.4 is 5.32 Å². The van der Waals surface area contributed by atoms with Crippen LogP contribution in [0.1, 0.15) is 25.0 Å². The Balaban J connectivity index is 2.27. The van der Waals surface area contributed by atoms with Crippen molar-refractivity contribution in [2.24, 2.45) is 0 Å². The predicted molar refractivity (Wildman–Crippen MR) is 100 cm³/mol. The highest BCUT2D eigenvalue weighted by molar-refractivity contribution is 6.31. The monoisotopic (exact) mass is 376 g/mol. The third-order valence-corrected chi connectivity index (χ3v) is 4.49. The van der Waals surface area contributed by atoms with E-state index in [-0.39, 0.29) is 24.8 Å². The molecule has 0 spiro atoms. The summed E-state index contributed by atoms with van der Waals surface area (Å²) in [4.78, 5) is 26.5. The Hall–Kier alpha value is -2.40. The van der Waals surface area contributed by atoms with Gasteiger partial charge in [-0.1, -0.05) is 48.0 Å². The first-order valence-corrected chi connectivity index (χ1v) is 8.85. The van der Waals surface area contributed by atoms with Gasteiger partial charge >= 0.3 is 0 Å². The number of rotatable bonds is 7. The molecular weight excluding hydrogens is 355 g/mol. The van der Waals surface area contributed by atoms with Crippen molar-refractivity contribution in [3.05, 3.63) is 70.5 Å². The fraction of sp³-hybridized carbons (Fsp3) is 0.300. The van der Waals surface area contributed by atoms with Crippen LogP contribution in [0.5, 0.6) is 0 Å². The van der Waals surface area contributed by atoms with Crippen LogP contribution in [0.3, 0.4) is 0 Å². The maximum absolute atomic E-state index is 14.1. The van der Waals surface area contributed by atoms with E-state index < -0.39 is 11.9 Å². The van der Waals surface area contributed by atoms with Crippen LogP contribution in [-0.4, -0.2) is 29.3 Å². The zero-order valence-corrected chi connectivity index (χ0v) is 15.6. The summed E-state index contributed by atoms with van der Waals surface area (Å²) in [6.45, 7) is 3.90. The van der Waals surface area contributed by atoms with E-state index >= 15 is 0 Å². The van der Waals surface area contributed by atoms with Gasteiger partial charge in [0.05, 0.1) is 6.42 Å². The topological polar surface area (TPSA) is 49.4 Å². The summed E-state index contributed by atoms with van der Waals surface area (Å²) >= 11 is 6.14. The smallest absolute Gasteiger partial charge is 0.242 e. The molecule has 0 aliphatic heterocycles. The maximum atomic E-state index is 14.1. The molecule has 1 N–H and O–H groups in total. The molecule has 0 saturated carbocycles. The summed E-state index contributed by atoms with van der Waals surface area (Å²) in [5.74, 6) is -0.984. The van der Waals surface area contributed by atoms with Crippen LogP contribution in [0.2, 0.25) is 5.02 Å². The molecule has 0 aliphatic carbocycles. The second-order valence-corrected chi connectivity index (χ2v) is 6.36. The molecule has 2 aromatic carbocycles. The molecule has 0 saturated heterocycles. The van der Waals surface area contributed by atoms with E-state index in [0.717, 1.165) is 0 Å². The lowest BCUT2D eigenvalue weighted by atomic mass is 10.1. The van der Waals surface area contributed by atoms with Gasteiger partial charge in [0.1, 0.15) is 11.9 Å². The highest BCUT2D eigenvalue weighted by atomic mass is 35.5. The molecule has 0 unspecified atom stereocenters. The lowest BCUT2D eigenvalue weighted by Crippen LogP contribution is -2.48. The molecule has 0 radical (unpaired) electrons. The first kappa shape index (κ1) is 19.9. The van der Waals surface area contributed by atoms with E-state index in [1.165, 1.54) is 11.0 Å². The van der Waals surface area contributed by atoms with E-state index in [9.17, 15) is 14.0 Å². The minimum atomic E-state index is -0.732. The fourth-order valence-electron chi connectivity index (χ4n) is 2.62. The second-order valence-electron chi connectivity index (χ2n) is 5.95. The molecule has 0 fully saturated rings. The Bertz CT molecular complexity index is 782. The summed E-state index contributed by atoms with van der Waals surface area (Å²) < 4.78 is 14.1. The number of nitrogens with one attached hydrogen (secondary N) is 1. The average Bonchev–Trinajstić information content (AvgIpc) is 2.62. The Morgan fingerprint density at radius 2 is 1.73 bits per heavy atom. The number of nitrogens with zero attached hydrogens (tertiary/aromatic N) is 1. The van der Waals surface area contributed by atoms with Crippen molar-refractivity contribution in [3.8, 4) is 0 Å². The van der Waals surface area contributed by atoms with Gasteiger partial charge in [-0.2, -0.15) is 0 Å². The van der Waals surface area contributed by atoms with Gasteiger partial charge in [-0.05, 0) is 31.5 Å². The van der Waals surface area contributed by atoms with E-state index in [0.29, 0.717) is 22.7 Å². The molecule has 2 rings (SSSR count). The predicted octanol–water partition coefficient (Wildman–Crippen LogP) is 3.58. The summed E-state index contributed by atoms with van der Waals surface area (Å²) in [6.07, 6.45) is 0.0396. The lowest BCUT2D eigenvalue weighted by molar-refractivity contribution is -0.140. The zero-order chi connectivity index (χ0) is 19.1. The number of amides is 2. The van der Waals surface area contributed by atoms with E-state index in [2.05, 4.69) is 5.32 Å². The summed E-state index contributed by atoms with van der Waals surface area (Å²) in [5.41, 5.74) is 1.02. The lowest BCUT2D eigenvalue weighted by Gasteiger charge is -2.29. The van der Waals surface area contributed by atoms with Crippen LogP contribution in [0.4, 0.5) is 4.39 Å². The van der Waals surface area contributed by atoms with Gasteiger partial charge in [-0.25, -0.2) is 4.39 Å². The van der Waals surface area contributed by atoms with Gasteiger partial charge < -0.3 is 10.2 Å². The van der Waals surface area contributed by atoms with Gasteiger partial charge in [-0.3, -0.25) is 9.59 Å².